The van der Waals surface area contributed by atoms with Crippen LogP contribution in [0.2, 0.25) is 0 Å². The first-order chi connectivity index (χ1) is 8.44. The third kappa shape index (κ3) is 3.12. The van der Waals surface area contributed by atoms with E-state index in [0.29, 0.717) is 0 Å². The molecule has 0 fully saturated rings. The Morgan fingerprint density at radius 3 is 2.50 bits per heavy atom. The third-order valence-corrected chi connectivity index (χ3v) is 3.69. The number of nitrogens with zero attached hydrogens (tertiary/aromatic N) is 3. The van der Waals surface area contributed by atoms with Crippen molar-refractivity contribution in [1.82, 2.24) is 9.97 Å². The Morgan fingerprint density at radius 2 is 1.94 bits per heavy atom. The lowest BCUT2D eigenvalue weighted by atomic mass is 9.99. The van der Waals surface area contributed by atoms with Crippen LogP contribution in [-0.2, 0) is 0 Å². The predicted molar refractivity (Wildman–Crippen MR) is 78.3 cm³/mol. The molecular formula is C14H26N4. The molecule has 1 heterocycles. The summed E-state index contributed by atoms with van der Waals surface area (Å²) in [5, 5.41) is 3.35. The maximum atomic E-state index is 4.44. The van der Waals surface area contributed by atoms with Crippen LogP contribution in [0.1, 0.15) is 46.1 Å². The van der Waals surface area contributed by atoms with Crippen molar-refractivity contribution in [3.8, 4) is 0 Å². The Hall–Kier alpha value is -1.32. The van der Waals surface area contributed by atoms with Gasteiger partial charge in [-0.05, 0) is 33.6 Å². The van der Waals surface area contributed by atoms with Gasteiger partial charge in [0.05, 0.1) is 0 Å². The second-order valence-electron chi connectivity index (χ2n) is 5.32. The van der Waals surface area contributed by atoms with E-state index in [9.17, 15) is 0 Å². The first-order valence-corrected chi connectivity index (χ1v) is 6.73. The summed E-state index contributed by atoms with van der Waals surface area (Å²) in [4.78, 5) is 11.0. The van der Waals surface area contributed by atoms with Crippen molar-refractivity contribution in [3.63, 3.8) is 0 Å². The van der Waals surface area contributed by atoms with E-state index in [1.807, 2.05) is 0 Å². The summed E-state index contributed by atoms with van der Waals surface area (Å²) in [7, 11) is 2.10. The zero-order valence-corrected chi connectivity index (χ0v) is 12.5. The summed E-state index contributed by atoms with van der Waals surface area (Å²) in [5.41, 5.74) is 1.22. The lowest BCUT2D eigenvalue weighted by Gasteiger charge is -2.36. The number of nitrogens with one attached hydrogen (secondary N) is 1. The van der Waals surface area contributed by atoms with Crippen molar-refractivity contribution >= 4 is 11.6 Å². The molecule has 0 aliphatic carbocycles. The van der Waals surface area contributed by atoms with Crippen LogP contribution in [0, 0.1) is 6.92 Å². The molecular weight excluding hydrogens is 224 g/mol. The summed E-state index contributed by atoms with van der Waals surface area (Å²) >= 11 is 0. The van der Waals surface area contributed by atoms with E-state index in [1.54, 1.807) is 6.33 Å². The topological polar surface area (TPSA) is 41.1 Å². The molecule has 0 aliphatic heterocycles. The summed E-state index contributed by atoms with van der Waals surface area (Å²) in [5.74, 6) is 1.95. The average molecular weight is 250 g/mol. The molecule has 0 bridgehead atoms. The molecule has 0 spiro atoms. The fourth-order valence-electron chi connectivity index (χ4n) is 1.72. The molecule has 102 valence electrons. The van der Waals surface area contributed by atoms with Gasteiger partial charge in [0.1, 0.15) is 18.0 Å². The second-order valence-corrected chi connectivity index (χ2v) is 5.32. The molecule has 0 saturated carbocycles. The Balaban J connectivity index is 3.03. The van der Waals surface area contributed by atoms with Crippen LogP contribution >= 0.6 is 0 Å². The van der Waals surface area contributed by atoms with Crippen molar-refractivity contribution in [3.05, 3.63) is 11.9 Å². The molecule has 1 aromatic heterocycles. The van der Waals surface area contributed by atoms with Crippen LogP contribution < -0.4 is 10.2 Å². The molecule has 1 aromatic rings. The van der Waals surface area contributed by atoms with Gasteiger partial charge in [-0.2, -0.15) is 0 Å². The molecule has 0 atom stereocenters. The van der Waals surface area contributed by atoms with E-state index in [-0.39, 0.29) is 5.54 Å². The van der Waals surface area contributed by atoms with Gasteiger partial charge in [0.2, 0.25) is 0 Å². The second kappa shape index (κ2) is 6.03. The van der Waals surface area contributed by atoms with Gasteiger partial charge in [-0.25, -0.2) is 9.97 Å². The van der Waals surface area contributed by atoms with E-state index in [2.05, 4.69) is 61.9 Å². The highest BCUT2D eigenvalue weighted by Crippen LogP contribution is 2.28. The van der Waals surface area contributed by atoms with Crippen LogP contribution in [0.5, 0.6) is 0 Å². The van der Waals surface area contributed by atoms with Gasteiger partial charge in [0.15, 0.2) is 0 Å². The van der Waals surface area contributed by atoms with Gasteiger partial charge in [-0.3, -0.25) is 0 Å². The molecule has 18 heavy (non-hydrogen) atoms. The molecule has 1 N–H and O–H groups in total. The maximum Gasteiger partial charge on any atom is 0.137 e. The van der Waals surface area contributed by atoms with E-state index in [4.69, 9.17) is 0 Å². The molecule has 4 nitrogen and oxygen atoms in total. The molecule has 4 heteroatoms. The number of anilines is 2. The standard InChI is InChI=1S/C14H26N4/c1-7-9-15-12-11(3)13(17-10-16-12)18(6)14(4,5)8-2/h10H,7-9H2,1-6H3,(H,15,16,17). The molecule has 0 radical (unpaired) electrons. The summed E-state index contributed by atoms with van der Waals surface area (Å²) in [6.07, 6.45) is 3.81. The monoisotopic (exact) mass is 250 g/mol. The minimum atomic E-state index is 0.0984. The van der Waals surface area contributed by atoms with E-state index < -0.39 is 0 Å². The fourth-order valence-corrected chi connectivity index (χ4v) is 1.72. The van der Waals surface area contributed by atoms with E-state index in [0.717, 1.165) is 36.6 Å². The number of hydrogen-bond donors (Lipinski definition) is 1. The smallest absolute Gasteiger partial charge is 0.137 e. The van der Waals surface area contributed by atoms with Gasteiger partial charge in [-0.15, -0.1) is 0 Å². The van der Waals surface area contributed by atoms with Crippen LogP contribution in [-0.4, -0.2) is 29.1 Å². The van der Waals surface area contributed by atoms with Crippen molar-refractivity contribution in [2.45, 2.75) is 53.0 Å². The van der Waals surface area contributed by atoms with E-state index in [1.165, 1.54) is 0 Å². The van der Waals surface area contributed by atoms with E-state index >= 15 is 0 Å². The maximum absolute atomic E-state index is 4.44. The molecule has 0 aliphatic rings. The van der Waals surface area contributed by atoms with Crippen molar-refractivity contribution in [2.24, 2.45) is 0 Å². The fraction of sp³-hybridized carbons (Fsp3) is 0.714. The Morgan fingerprint density at radius 1 is 1.28 bits per heavy atom. The number of aromatic nitrogens is 2. The summed E-state index contributed by atoms with van der Waals surface area (Å²) < 4.78 is 0. The lowest BCUT2D eigenvalue weighted by Crippen LogP contribution is -2.41. The van der Waals surface area contributed by atoms with Crippen LogP contribution in [0.3, 0.4) is 0 Å². The van der Waals surface area contributed by atoms with Crippen molar-refractivity contribution in [2.75, 3.05) is 23.8 Å². The van der Waals surface area contributed by atoms with Crippen LogP contribution in [0.15, 0.2) is 6.33 Å². The highest BCUT2D eigenvalue weighted by molar-refractivity contribution is 5.58. The zero-order chi connectivity index (χ0) is 13.8. The van der Waals surface area contributed by atoms with Gasteiger partial charge < -0.3 is 10.2 Å². The van der Waals surface area contributed by atoms with Gasteiger partial charge in [0.25, 0.3) is 0 Å². The van der Waals surface area contributed by atoms with Crippen LogP contribution in [0.4, 0.5) is 11.6 Å². The molecule has 0 amide bonds. The SMILES string of the molecule is CCCNc1ncnc(N(C)C(C)(C)CC)c1C. The summed E-state index contributed by atoms with van der Waals surface area (Å²) in [6.45, 7) is 11.8. The first kappa shape index (κ1) is 14.7. The minimum Gasteiger partial charge on any atom is -0.370 e. The molecule has 1 rings (SSSR count). The predicted octanol–water partition coefficient (Wildman–Crippen LogP) is 3.23. The highest BCUT2D eigenvalue weighted by Gasteiger charge is 2.24. The van der Waals surface area contributed by atoms with Gasteiger partial charge in [0, 0.05) is 24.7 Å². The van der Waals surface area contributed by atoms with Crippen LogP contribution in [0.25, 0.3) is 0 Å². The lowest BCUT2D eigenvalue weighted by molar-refractivity contribution is 0.466. The van der Waals surface area contributed by atoms with Gasteiger partial charge in [-0.1, -0.05) is 13.8 Å². The number of rotatable bonds is 6. The largest absolute Gasteiger partial charge is 0.370 e. The average Bonchev–Trinajstić information content (AvgIpc) is 2.36. The van der Waals surface area contributed by atoms with Gasteiger partial charge >= 0.3 is 0 Å². The normalized spacial score (nSPS) is 11.4. The Kier molecular flexibility index (Phi) is 4.93. The summed E-state index contributed by atoms with van der Waals surface area (Å²) in [6, 6.07) is 0. The molecule has 0 aromatic carbocycles. The first-order valence-electron chi connectivity index (χ1n) is 6.73. The Labute approximate surface area is 111 Å². The third-order valence-electron chi connectivity index (χ3n) is 3.69. The van der Waals surface area contributed by atoms with Crippen molar-refractivity contribution in [1.29, 1.82) is 0 Å². The number of hydrogen-bond acceptors (Lipinski definition) is 4. The highest BCUT2D eigenvalue weighted by atomic mass is 15.2. The minimum absolute atomic E-state index is 0.0984. The zero-order valence-electron chi connectivity index (χ0n) is 12.5. The molecule has 0 unspecified atom stereocenters. The van der Waals surface area contributed by atoms with Crippen molar-refractivity contribution < 1.29 is 0 Å². The molecule has 0 saturated heterocycles. The quantitative estimate of drug-likeness (QED) is 0.841. The Bertz CT molecular complexity index is 387.